The number of ether oxygens (including phenoxy) is 1. The molecule has 2 aromatic rings. The Morgan fingerprint density at radius 3 is 2.18 bits per heavy atom. The molecular weight excluding hydrogens is 374 g/mol. The average molecular weight is 402 g/mol. The van der Waals surface area contributed by atoms with Crippen molar-refractivity contribution in [1.82, 2.24) is 5.32 Å². The van der Waals surface area contributed by atoms with Crippen LogP contribution in [0.4, 0.5) is 0 Å². The van der Waals surface area contributed by atoms with E-state index in [0.717, 1.165) is 5.56 Å². The van der Waals surface area contributed by atoms with Gasteiger partial charge in [-0.3, -0.25) is 9.00 Å². The third-order valence-corrected chi connectivity index (χ3v) is 5.81. The Morgan fingerprint density at radius 1 is 1.04 bits per heavy atom. The summed E-state index contributed by atoms with van der Waals surface area (Å²) in [6, 6.07) is 15.5. The lowest BCUT2D eigenvalue weighted by Gasteiger charge is -2.20. The Bertz CT molecular complexity index is 826. The summed E-state index contributed by atoms with van der Waals surface area (Å²) in [6.45, 7) is 6.30. The second-order valence-electron chi connectivity index (χ2n) is 7.53. The summed E-state index contributed by atoms with van der Waals surface area (Å²) in [6.07, 6.45) is 0.222. The van der Waals surface area contributed by atoms with Crippen molar-refractivity contribution < 1.29 is 18.5 Å². The van der Waals surface area contributed by atoms with Gasteiger partial charge in [-0.1, -0.05) is 51.1 Å². The average Bonchev–Trinajstić information content (AvgIpc) is 2.70. The van der Waals surface area contributed by atoms with Crippen molar-refractivity contribution in [2.45, 2.75) is 43.5 Å². The van der Waals surface area contributed by atoms with Crippen molar-refractivity contribution >= 4 is 22.7 Å². The number of methoxy groups -OCH3 is 1. The molecule has 2 aromatic carbocycles. The molecule has 2 rings (SSSR count). The molecule has 0 radical (unpaired) electrons. The molecule has 0 saturated carbocycles. The third kappa shape index (κ3) is 6.02. The minimum atomic E-state index is -1.25. The monoisotopic (exact) mass is 401 g/mol. The van der Waals surface area contributed by atoms with Crippen LogP contribution in [0.2, 0.25) is 0 Å². The summed E-state index contributed by atoms with van der Waals surface area (Å²) in [4.78, 5) is 25.3. The lowest BCUT2D eigenvalue weighted by molar-refractivity contribution is -0.142. The number of carbonyl (C=O) groups excluding carboxylic acids is 2. The van der Waals surface area contributed by atoms with E-state index in [9.17, 15) is 13.8 Å². The van der Waals surface area contributed by atoms with Crippen molar-refractivity contribution in [3.05, 3.63) is 65.7 Å². The highest BCUT2D eigenvalue weighted by Crippen LogP contribution is 2.22. The summed E-state index contributed by atoms with van der Waals surface area (Å²) in [5.74, 6) is -0.668. The van der Waals surface area contributed by atoms with Crippen LogP contribution in [-0.2, 0) is 25.7 Å². The molecule has 1 amide bonds. The highest BCUT2D eigenvalue weighted by atomic mass is 32.2. The predicted molar refractivity (Wildman–Crippen MR) is 111 cm³/mol. The maximum Gasteiger partial charge on any atom is 0.328 e. The lowest BCUT2D eigenvalue weighted by atomic mass is 9.86. The van der Waals surface area contributed by atoms with Crippen LogP contribution in [0.3, 0.4) is 0 Å². The highest BCUT2D eigenvalue weighted by Gasteiger charge is 2.23. The van der Waals surface area contributed by atoms with E-state index < -0.39 is 22.8 Å². The summed E-state index contributed by atoms with van der Waals surface area (Å²) in [5.41, 5.74) is 1.57. The molecule has 150 valence electrons. The third-order valence-electron chi connectivity index (χ3n) is 4.40. The number of nitrogens with one attached hydrogen (secondary N) is 1. The molecule has 0 spiro atoms. The first-order valence-corrected chi connectivity index (χ1v) is 10.5. The van der Waals surface area contributed by atoms with Gasteiger partial charge in [0.05, 0.1) is 17.9 Å². The van der Waals surface area contributed by atoms with Gasteiger partial charge in [0.15, 0.2) is 0 Å². The van der Waals surface area contributed by atoms with E-state index in [0.29, 0.717) is 10.5 Å². The number of hydrogen-bond donors (Lipinski definition) is 1. The summed E-state index contributed by atoms with van der Waals surface area (Å²) >= 11 is 0. The van der Waals surface area contributed by atoms with Crippen LogP contribution in [0.5, 0.6) is 0 Å². The van der Waals surface area contributed by atoms with Crippen molar-refractivity contribution in [2.75, 3.05) is 12.9 Å². The lowest BCUT2D eigenvalue weighted by Crippen LogP contribution is -2.42. The Kier molecular flexibility index (Phi) is 7.52. The molecule has 6 heteroatoms. The predicted octanol–water partition coefficient (Wildman–Crippen LogP) is 3.45. The summed E-state index contributed by atoms with van der Waals surface area (Å²) in [5, 5.41) is 2.70. The van der Waals surface area contributed by atoms with Crippen molar-refractivity contribution in [3.8, 4) is 0 Å². The van der Waals surface area contributed by atoms with Gasteiger partial charge in [0.2, 0.25) is 0 Å². The molecule has 0 aromatic heterocycles. The maximum absolute atomic E-state index is 12.6. The van der Waals surface area contributed by atoms with E-state index >= 15 is 0 Å². The fourth-order valence-corrected chi connectivity index (χ4v) is 3.82. The number of carbonyl (C=O) groups is 2. The fourth-order valence-electron chi connectivity index (χ4n) is 2.67. The number of esters is 1. The van der Waals surface area contributed by atoms with Crippen LogP contribution in [0.25, 0.3) is 0 Å². The molecule has 5 nitrogen and oxygen atoms in total. The van der Waals surface area contributed by atoms with E-state index in [1.165, 1.54) is 7.11 Å². The molecule has 1 N–H and O–H groups in total. The zero-order valence-electron chi connectivity index (χ0n) is 16.7. The largest absolute Gasteiger partial charge is 0.467 e. The molecule has 0 aliphatic rings. The van der Waals surface area contributed by atoms with Gasteiger partial charge >= 0.3 is 5.97 Å². The number of benzene rings is 2. The van der Waals surface area contributed by atoms with Gasteiger partial charge < -0.3 is 10.1 Å². The van der Waals surface area contributed by atoms with Crippen molar-refractivity contribution in [3.63, 3.8) is 0 Å². The molecule has 0 saturated heterocycles. The van der Waals surface area contributed by atoms with Gasteiger partial charge in [0.1, 0.15) is 6.04 Å². The molecule has 0 aliphatic carbocycles. The van der Waals surface area contributed by atoms with Gasteiger partial charge in [-0.25, -0.2) is 4.79 Å². The number of amides is 1. The summed E-state index contributed by atoms with van der Waals surface area (Å²) < 4.78 is 17.2. The first-order valence-electron chi connectivity index (χ1n) is 9.15. The van der Waals surface area contributed by atoms with Crippen LogP contribution in [0.1, 0.15) is 43.1 Å². The normalized spacial score (nSPS) is 13.4. The molecule has 0 fully saturated rings. The molecule has 0 heterocycles. The van der Waals surface area contributed by atoms with E-state index in [1.807, 2.05) is 30.3 Å². The fraction of sp³-hybridized carbons (Fsp3) is 0.364. The van der Waals surface area contributed by atoms with Gasteiger partial charge in [-0.15, -0.1) is 0 Å². The topological polar surface area (TPSA) is 72.5 Å². The second-order valence-corrected chi connectivity index (χ2v) is 9.10. The standard InChI is InChI=1S/C22H27NO4S/c1-22(2,3)17-12-10-16(11-13-17)20(24)23-19(21(25)27-4)14-15-28(26)18-8-6-5-7-9-18/h5-13,19H,14-15H2,1-4H3,(H,23,24)/t19-,28+/m1/s1. The zero-order chi connectivity index (χ0) is 20.7. The molecule has 28 heavy (non-hydrogen) atoms. The van der Waals surface area contributed by atoms with Gasteiger partial charge in [-0.2, -0.15) is 0 Å². The Labute approximate surface area is 168 Å². The number of hydrogen-bond acceptors (Lipinski definition) is 4. The Morgan fingerprint density at radius 2 is 1.64 bits per heavy atom. The van der Waals surface area contributed by atoms with Crippen molar-refractivity contribution in [2.24, 2.45) is 0 Å². The van der Waals surface area contributed by atoms with Gasteiger partial charge in [0.25, 0.3) is 5.91 Å². The zero-order valence-corrected chi connectivity index (χ0v) is 17.5. The Balaban J connectivity index is 2.04. The van der Waals surface area contributed by atoms with Gasteiger partial charge in [0, 0.05) is 16.2 Å². The highest BCUT2D eigenvalue weighted by molar-refractivity contribution is 7.85. The summed E-state index contributed by atoms with van der Waals surface area (Å²) in [7, 11) is 0.0176. The van der Waals surface area contributed by atoms with Crippen LogP contribution < -0.4 is 5.32 Å². The van der Waals surface area contributed by atoms with Crippen molar-refractivity contribution in [1.29, 1.82) is 0 Å². The van der Waals surface area contributed by atoms with Crippen LogP contribution in [0.15, 0.2) is 59.5 Å². The Hall–Kier alpha value is -2.47. The van der Waals surface area contributed by atoms with E-state index in [4.69, 9.17) is 4.74 Å². The molecule has 0 bridgehead atoms. The van der Waals surface area contributed by atoms with E-state index in [-0.39, 0.29) is 23.5 Å². The molecule has 2 atom stereocenters. The molecular formula is C22H27NO4S. The maximum atomic E-state index is 12.6. The smallest absolute Gasteiger partial charge is 0.328 e. The van der Waals surface area contributed by atoms with Gasteiger partial charge in [-0.05, 0) is 41.7 Å². The van der Waals surface area contributed by atoms with Crippen LogP contribution in [-0.4, -0.2) is 35.0 Å². The SMILES string of the molecule is COC(=O)[C@@H](CC[S@](=O)c1ccccc1)NC(=O)c1ccc(C(C)(C)C)cc1. The quantitative estimate of drug-likeness (QED) is 0.721. The minimum absolute atomic E-state index is 0.00887. The molecule has 0 unspecified atom stereocenters. The van der Waals surface area contributed by atoms with Crippen LogP contribution in [0, 0.1) is 0 Å². The minimum Gasteiger partial charge on any atom is -0.467 e. The van der Waals surface area contributed by atoms with Crippen LogP contribution >= 0.6 is 0 Å². The van der Waals surface area contributed by atoms with E-state index in [2.05, 4.69) is 26.1 Å². The first-order chi connectivity index (χ1) is 13.2. The molecule has 0 aliphatic heterocycles. The first kappa shape index (κ1) is 21.8. The second kappa shape index (κ2) is 9.64. The number of rotatable bonds is 7. The van der Waals surface area contributed by atoms with E-state index in [1.54, 1.807) is 24.3 Å².